The summed E-state index contributed by atoms with van der Waals surface area (Å²) < 4.78 is 44.1. The molecular formula is C15H20F3NOS. The summed E-state index contributed by atoms with van der Waals surface area (Å²) in [6, 6.07) is 4.16. The molecule has 6 heteroatoms. The molecule has 1 N–H and O–H groups in total. The molecule has 2 nitrogen and oxygen atoms in total. The molecule has 0 saturated carbocycles. The van der Waals surface area contributed by atoms with Gasteiger partial charge in [0.1, 0.15) is 0 Å². The Kier molecular flexibility index (Phi) is 6.39. The number of halogens is 3. The number of ether oxygens (including phenoxy) is 1. The van der Waals surface area contributed by atoms with Crippen LogP contribution in [0.3, 0.4) is 0 Å². The molecule has 0 aliphatic carbocycles. The van der Waals surface area contributed by atoms with Crippen molar-refractivity contribution in [3.8, 4) is 0 Å². The lowest BCUT2D eigenvalue weighted by Gasteiger charge is -2.24. The van der Waals surface area contributed by atoms with Gasteiger partial charge in [-0.3, -0.25) is 4.39 Å². The zero-order valence-corrected chi connectivity index (χ0v) is 12.8. The maximum atomic E-state index is 13.3. The van der Waals surface area contributed by atoms with Crippen LogP contribution in [0.1, 0.15) is 25.0 Å². The van der Waals surface area contributed by atoms with Crippen LogP contribution in [-0.4, -0.2) is 36.9 Å². The molecule has 3 atom stereocenters. The number of hydrogen-bond acceptors (Lipinski definition) is 3. The second kappa shape index (κ2) is 8.06. The molecule has 1 fully saturated rings. The van der Waals surface area contributed by atoms with Gasteiger partial charge in [0.2, 0.25) is 0 Å². The number of benzene rings is 1. The van der Waals surface area contributed by atoms with Gasteiger partial charge in [0.05, 0.1) is 12.8 Å². The van der Waals surface area contributed by atoms with Crippen LogP contribution in [0.5, 0.6) is 0 Å². The average Bonchev–Trinajstić information content (AvgIpc) is 2.90. The normalized spacial score (nSPS) is 23.4. The van der Waals surface area contributed by atoms with Gasteiger partial charge < -0.3 is 10.1 Å². The van der Waals surface area contributed by atoms with Crippen molar-refractivity contribution in [1.82, 2.24) is 5.32 Å². The van der Waals surface area contributed by atoms with Crippen molar-refractivity contribution in [3.05, 3.63) is 35.4 Å². The van der Waals surface area contributed by atoms with Crippen LogP contribution < -0.4 is 5.32 Å². The second-order valence-corrected chi connectivity index (χ2v) is 6.34. The summed E-state index contributed by atoms with van der Waals surface area (Å²) in [5, 5.41) is 3.44. The predicted octanol–water partition coefficient (Wildman–Crippen LogP) is 3.48. The number of alkyl halides is 1. The van der Waals surface area contributed by atoms with E-state index in [4.69, 9.17) is 4.74 Å². The lowest BCUT2D eigenvalue weighted by atomic mass is 10.0. The Bertz CT molecular complexity index is 461. The fourth-order valence-corrected chi connectivity index (χ4v) is 3.23. The Morgan fingerprint density at radius 1 is 1.38 bits per heavy atom. The van der Waals surface area contributed by atoms with Crippen LogP contribution in [0.2, 0.25) is 0 Å². The van der Waals surface area contributed by atoms with Crippen LogP contribution in [0, 0.1) is 11.6 Å². The van der Waals surface area contributed by atoms with Gasteiger partial charge in [-0.2, -0.15) is 11.8 Å². The highest BCUT2D eigenvalue weighted by Gasteiger charge is 2.30. The molecule has 0 spiro atoms. The third-order valence-electron chi connectivity index (χ3n) is 3.45. The SMILES string of the molecule is CC(CSCCF)N[C@@H]1CCO[C@H]1c1ccc(F)c(F)c1. The monoisotopic (exact) mass is 319 g/mol. The highest BCUT2D eigenvalue weighted by molar-refractivity contribution is 7.99. The minimum absolute atomic E-state index is 0.0656. The van der Waals surface area contributed by atoms with Gasteiger partial charge in [-0.05, 0) is 31.0 Å². The van der Waals surface area contributed by atoms with Gasteiger partial charge in [-0.1, -0.05) is 6.07 Å². The summed E-state index contributed by atoms with van der Waals surface area (Å²) in [6.45, 7) is 2.30. The Morgan fingerprint density at radius 2 is 2.19 bits per heavy atom. The lowest BCUT2D eigenvalue weighted by Crippen LogP contribution is -2.39. The number of nitrogens with one attached hydrogen (secondary N) is 1. The summed E-state index contributed by atoms with van der Waals surface area (Å²) in [7, 11) is 0. The van der Waals surface area contributed by atoms with E-state index in [9.17, 15) is 13.2 Å². The fraction of sp³-hybridized carbons (Fsp3) is 0.600. The second-order valence-electron chi connectivity index (χ2n) is 5.19. The van der Waals surface area contributed by atoms with Crippen molar-refractivity contribution in [3.63, 3.8) is 0 Å². The van der Waals surface area contributed by atoms with E-state index in [1.54, 1.807) is 17.8 Å². The summed E-state index contributed by atoms with van der Waals surface area (Å²) in [5.74, 6) is -0.393. The Morgan fingerprint density at radius 3 is 2.90 bits per heavy atom. The molecule has 1 aliphatic rings. The third-order valence-corrected chi connectivity index (χ3v) is 4.63. The number of thioether (sulfide) groups is 1. The molecule has 2 rings (SSSR count). The van der Waals surface area contributed by atoms with Crippen molar-refractivity contribution < 1.29 is 17.9 Å². The molecule has 1 saturated heterocycles. The molecule has 118 valence electrons. The van der Waals surface area contributed by atoms with Crippen LogP contribution >= 0.6 is 11.8 Å². The molecule has 1 aliphatic heterocycles. The van der Waals surface area contributed by atoms with E-state index >= 15 is 0 Å². The van der Waals surface area contributed by atoms with E-state index < -0.39 is 11.6 Å². The van der Waals surface area contributed by atoms with E-state index in [-0.39, 0.29) is 24.9 Å². The van der Waals surface area contributed by atoms with Crippen molar-refractivity contribution in [2.45, 2.75) is 31.5 Å². The van der Waals surface area contributed by atoms with E-state index in [1.807, 2.05) is 6.92 Å². The minimum atomic E-state index is -0.853. The number of rotatable bonds is 7. The largest absolute Gasteiger partial charge is 0.372 e. The maximum absolute atomic E-state index is 13.3. The summed E-state index contributed by atoms with van der Waals surface area (Å²) in [4.78, 5) is 0. The van der Waals surface area contributed by atoms with Crippen molar-refractivity contribution in [2.75, 3.05) is 24.8 Å². The molecular weight excluding hydrogens is 299 g/mol. The van der Waals surface area contributed by atoms with Gasteiger partial charge in [-0.25, -0.2) is 8.78 Å². The van der Waals surface area contributed by atoms with Gasteiger partial charge in [0, 0.05) is 30.2 Å². The van der Waals surface area contributed by atoms with Crippen molar-refractivity contribution in [2.24, 2.45) is 0 Å². The predicted molar refractivity (Wildman–Crippen MR) is 79.4 cm³/mol. The highest BCUT2D eigenvalue weighted by atomic mass is 32.2. The van der Waals surface area contributed by atoms with Crippen molar-refractivity contribution in [1.29, 1.82) is 0 Å². The summed E-state index contributed by atoms with van der Waals surface area (Å²) >= 11 is 1.56. The standard InChI is InChI=1S/C15H20F3NOS/c1-10(9-21-7-5-16)19-14-4-6-20-15(14)11-2-3-12(17)13(18)8-11/h2-3,8,10,14-15,19H,4-7,9H2,1H3/t10?,14-,15+/m1/s1. The average molecular weight is 319 g/mol. The maximum Gasteiger partial charge on any atom is 0.159 e. The lowest BCUT2D eigenvalue weighted by molar-refractivity contribution is 0.0970. The molecule has 1 aromatic rings. The van der Waals surface area contributed by atoms with E-state index in [1.165, 1.54) is 6.07 Å². The first kappa shape index (κ1) is 16.6. The molecule has 21 heavy (non-hydrogen) atoms. The highest BCUT2D eigenvalue weighted by Crippen LogP contribution is 2.30. The molecule has 0 aromatic heterocycles. The minimum Gasteiger partial charge on any atom is -0.372 e. The smallest absolute Gasteiger partial charge is 0.159 e. The van der Waals surface area contributed by atoms with Gasteiger partial charge in [0.25, 0.3) is 0 Å². The van der Waals surface area contributed by atoms with Crippen molar-refractivity contribution >= 4 is 11.8 Å². The Hall–Kier alpha value is -0.720. The molecule has 1 heterocycles. The van der Waals surface area contributed by atoms with E-state index in [0.717, 1.165) is 18.2 Å². The number of hydrogen-bond donors (Lipinski definition) is 1. The quantitative estimate of drug-likeness (QED) is 0.778. The molecule has 0 radical (unpaired) electrons. The van der Waals surface area contributed by atoms with Gasteiger partial charge in [0.15, 0.2) is 11.6 Å². The topological polar surface area (TPSA) is 21.3 Å². The van der Waals surface area contributed by atoms with Crippen LogP contribution in [0.25, 0.3) is 0 Å². The molecule has 1 unspecified atom stereocenters. The van der Waals surface area contributed by atoms with E-state index in [0.29, 0.717) is 17.9 Å². The fourth-order valence-electron chi connectivity index (χ4n) is 2.51. The Labute approximate surface area is 127 Å². The zero-order valence-electron chi connectivity index (χ0n) is 12.0. The van der Waals surface area contributed by atoms with Crippen LogP contribution in [0.4, 0.5) is 13.2 Å². The van der Waals surface area contributed by atoms with Gasteiger partial charge >= 0.3 is 0 Å². The van der Waals surface area contributed by atoms with E-state index in [2.05, 4.69) is 5.32 Å². The first-order valence-corrected chi connectivity index (χ1v) is 8.23. The zero-order chi connectivity index (χ0) is 15.2. The van der Waals surface area contributed by atoms with Crippen LogP contribution in [-0.2, 0) is 4.74 Å². The Balaban J connectivity index is 1.94. The summed E-state index contributed by atoms with van der Waals surface area (Å²) in [5.41, 5.74) is 0.646. The van der Waals surface area contributed by atoms with Gasteiger partial charge in [-0.15, -0.1) is 0 Å². The van der Waals surface area contributed by atoms with Crippen LogP contribution in [0.15, 0.2) is 18.2 Å². The molecule has 0 amide bonds. The first-order valence-electron chi connectivity index (χ1n) is 7.08. The molecule has 1 aromatic carbocycles. The first-order chi connectivity index (χ1) is 10.1. The molecule has 0 bridgehead atoms. The summed E-state index contributed by atoms with van der Waals surface area (Å²) in [6.07, 6.45) is 0.552. The third kappa shape index (κ3) is 4.63.